The molecular formula is C22H24ClF2NO4. The second-order valence-electron chi connectivity index (χ2n) is 5.46. The zero-order valence-electron chi connectivity index (χ0n) is 17.1. The highest BCUT2D eigenvalue weighted by atomic mass is 35.5. The van der Waals surface area contributed by atoms with E-state index in [0.717, 1.165) is 6.07 Å². The third-order valence-electron chi connectivity index (χ3n) is 3.72. The Hall–Kier alpha value is -2.93. The van der Waals surface area contributed by atoms with E-state index in [1.54, 1.807) is 24.3 Å². The van der Waals surface area contributed by atoms with E-state index in [4.69, 9.17) is 16.0 Å². The fourth-order valence-corrected chi connectivity index (χ4v) is 2.69. The number of carboxylic acid groups (broad SMARTS) is 1. The number of aliphatic carboxylic acids is 1. The molecule has 3 aromatic rings. The van der Waals surface area contributed by atoms with E-state index >= 15 is 0 Å². The normalized spacial score (nSPS) is 11.1. The van der Waals surface area contributed by atoms with Gasteiger partial charge in [0.15, 0.2) is 6.04 Å². The van der Waals surface area contributed by atoms with Crippen LogP contribution in [0.25, 0.3) is 11.0 Å². The molecular weight excluding hydrogens is 416 g/mol. The van der Waals surface area contributed by atoms with E-state index in [2.05, 4.69) is 5.32 Å². The maximum atomic E-state index is 12.8. The van der Waals surface area contributed by atoms with E-state index < -0.39 is 29.8 Å². The quantitative estimate of drug-likeness (QED) is 0.412. The number of Topliss-reactive ketones (excluding diaryl/α,β-unsaturated/α-hetero) is 1. The fourth-order valence-electron chi connectivity index (χ4n) is 2.52. The van der Waals surface area contributed by atoms with Crippen molar-refractivity contribution in [3.8, 4) is 0 Å². The van der Waals surface area contributed by atoms with Gasteiger partial charge in [0.1, 0.15) is 11.3 Å². The minimum Gasteiger partial charge on any atom is -0.479 e. The molecule has 1 aromatic heterocycles. The lowest BCUT2D eigenvalue weighted by Crippen LogP contribution is -2.22. The van der Waals surface area contributed by atoms with Gasteiger partial charge in [0, 0.05) is 21.7 Å². The van der Waals surface area contributed by atoms with Gasteiger partial charge in [-0.2, -0.15) is 0 Å². The number of ketones is 1. The van der Waals surface area contributed by atoms with E-state index in [0.29, 0.717) is 11.0 Å². The number of fused-ring (bicyclic) bond motifs is 1. The molecule has 1 atom stereocenters. The van der Waals surface area contributed by atoms with E-state index in [9.17, 15) is 23.5 Å². The van der Waals surface area contributed by atoms with Gasteiger partial charge in [-0.05, 0) is 30.3 Å². The van der Waals surface area contributed by atoms with Crippen molar-refractivity contribution in [2.24, 2.45) is 0 Å². The first-order chi connectivity index (χ1) is 14.4. The average Bonchev–Trinajstić information content (AvgIpc) is 3.18. The Morgan fingerprint density at radius 3 is 2.23 bits per heavy atom. The Balaban J connectivity index is 0.00000106. The molecule has 0 fully saturated rings. The summed E-state index contributed by atoms with van der Waals surface area (Å²) in [7, 11) is 0. The highest BCUT2D eigenvalue weighted by Gasteiger charge is 2.27. The molecule has 0 bridgehead atoms. The van der Waals surface area contributed by atoms with Crippen LogP contribution in [0, 0.1) is 0 Å². The number of anilines is 1. The summed E-state index contributed by atoms with van der Waals surface area (Å²) in [6.07, 6.45) is -3.25. The minimum absolute atomic E-state index is 0.0732. The molecule has 0 saturated heterocycles. The van der Waals surface area contributed by atoms with Gasteiger partial charge in [-0.3, -0.25) is 4.79 Å². The van der Waals surface area contributed by atoms with E-state index in [1.807, 2.05) is 27.7 Å². The standard InChI is InChI=1S/C18H12ClF2NO4.2C2H6/c19-10-5-6-12(11(8-10)16(23)17(20)21)22-15(18(24)25)14-7-9-3-1-2-4-13(9)26-14;2*1-2/h1-8,15,17,22H,(H,24,25);2*1-2H3. The maximum Gasteiger partial charge on any atom is 0.334 e. The van der Waals surface area contributed by atoms with Crippen LogP contribution in [0.5, 0.6) is 0 Å². The third kappa shape index (κ3) is 6.03. The van der Waals surface area contributed by atoms with Gasteiger partial charge in [-0.25, -0.2) is 13.6 Å². The van der Waals surface area contributed by atoms with Crippen LogP contribution in [0.3, 0.4) is 0 Å². The summed E-state index contributed by atoms with van der Waals surface area (Å²) in [4.78, 5) is 23.4. The molecule has 0 amide bonds. The van der Waals surface area contributed by atoms with E-state index in [1.165, 1.54) is 18.2 Å². The van der Waals surface area contributed by atoms with Gasteiger partial charge in [-0.15, -0.1) is 0 Å². The van der Waals surface area contributed by atoms with Gasteiger partial charge < -0.3 is 14.8 Å². The lowest BCUT2D eigenvalue weighted by molar-refractivity contribution is -0.138. The zero-order valence-corrected chi connectivity index (χ0v) is 17.8. The molecule has 1 heterocycles. The first kappa shape index (κ1) is 25.1. The third-order valence-corrected chi connectivity index (χ3v) is 3.96. The SMILES string of the molecule is CC.CC.O=C(c1cc(Cl)ccc1NC(C(=O)O)c1cc2ccccc2o1)C(F)F. The number of hydrogen-bond acceptors (Lipinski definition) is 4. The van der Waals surface area contributed by atoms with Crippen molar-refractivity contribution in [2.75, 3.05) is 5.32 Å². The molecule has 2 aromatic carbocycles. The van der Waals surface area contributed by atoms with Crippen LogP contribution < -0.4 is 5.32 Å². The summed E-state index contributed by atoms with van der Waals surface area (Å²) in [5.74, 6) is -2.68. The number of halogens is 3. The molecule has 30 heavy (non-hydrogen) atoms. The molecule has 0 aliphatic carbocycles. The predicted molar refractivity (Wildman–Crippen MR) is 115 cm³/mol. The van der Waals surface area contributed by atoms with Gasteiger partial charge in [0.05, 0.1) is 0 Å². The summed E-state index contributed by atoms with van der Waals surface area (Å²) < 4.78 is 31.2. The molecule has 0 spiro atoms. The smallest absolute Gasteiger partial charge is 0.334 e. The largest absolute Gasteiger partial charge is 0.479 e. The maximum absolute atomic E-state index is 12.8. The fraction of sp³-hybridized carbons (Fsp3) is 0.273. The van der Waals surface area contributed by atoms with Gasteiger partial charge in [0.2, 0.25) is 5.78 Å². The number of nitrogens with one attached hydrogen (secondary N) is 1. The molecule has 8 heteroatoms. The Kier molecular flexibility index (Phi) is 9.98. The Morgan fingerprint density at radius 2 is 1.67 bits per heavy atom. The Labute approximate surface area is 178 Å². The van der Waals surface area contributed by atoms with Gasteiger partial charge in [0.25, 0.3) is 0 Å². The van der Waals surface area contributed by atoms with Crippen molar-refractivity contribution in [3.05, 3.63) is 64.9 Å². The number of alkyl halides is 2. The molecule has 0 aliphatic heterocycles. The van der Waals surface area contributed by atoms with Crippen LogP contribution in [0.1, 0.15) is 49.9 Å². The Morgan fingerprint density at radius 1 is 1.03 bits per heavy atom. The van der Waals surface area contributed by atoms with Crippen molar-refractivity contribution in [2.45, 2.75) is 40.2 Å². The molecule has 0 saturated carbocycles. The van der Waals surface area contributed by atoms with E-state index in [-0.39, 0.29) is 16.5 Å². The van der Waals surface area contributed by atoms with Gasteiger partial charge >= 0.3 is 12.4 Å². The molecule has 0 aliphatic rings. The molecule has 3 rings (SSSR count). The monoisotopic (exact) mass is 439 g/mol. The zero-order chi connectivity index (χ0) is 22.8. The number of para-hydroxylation sites is 1. The van der Waals surface area contributed by atoms with Crippen molar-refractivity contribution in [3.63, 3.8) is 0 Å². The topological polar surface area (TPSA) is 79.5 Å². The Bertz CT molecular complexity index is 955. The first-order valence-electron chi connectivity index (χ1n) is 9.46. The predicted octanol–water partition coefficient (Wildman–Crippen LogP) is 6.82. The van der Waals surface area contributed by atoms with Crippen LogP contribution >= 0.6 is 11.6 Å². The summed E-state index contributed by atoms with van der Waals surface area (Å²) in [5.41, 5.74) is 0.0120. The van der Waals surface area contributed by atoms with Crippen LogP contribution in [-0.4, -0.2) is 23.3 Å². The number of carbonyl (C=O) groups is 2. The average molecular weight is 440 g/mol. The number of rotatable bonds is 6. The molecule has 0 radical (unpaired) electrons. The van der Waals surface area contributed by atoms with Crippen LogP contribution in [-0.2, 0) is 4.79 Å². The first-order valence-corrected chi connectivity index (χ1v) is 9.84. The van der Waals surface area contributed by atoms with Gasteiger partial charge in [-0.1, -0.05) is 57.5 Å². The molecule has 1 unspecified atom stereocenters. The van der Waals surface area contributed by atoms with Crippen LogP contribution in [0.4, 0.5) is 14.5 Å². The lowest BCUT2D eigenvalue weighted by Gasteiger charge is -2.16. The van der Waals surface area contributed by atoms with Crippen molar-refractivity contribution in [1.82, 2.24) is 0 Å². The molecule has 5 nitrogen and oxygen atoms in total. The molecule has 162 valence electrons. The van der Waals surface area contributed by atoms with Crippen LogP contribution in [0.15, 0.2) is 52.9 Å². The summed E-state index contributed by atoms with van der Waals surface area (Å²) in [5, 5.41) is 12.9. The minimum atomic E-state index is -3.25. The molecule has 2 N–H and O–H groups in total. The number of carboxylic acids is 1. The van der Waals surface area contributed by atoms with Crippen LogP contribution in [0.2, 0.25) is 5.02 Å². The highest BCUT2D eigenvalue weighted by molar-refractivity contribution is 6.31. The van der Waals surface area contributed by atoms with Crippen molar-refractivity contribution < 1.29 is 27.9 Å². The number of benzene rings is 2. The second-order valence-corrected chi connectivity index (χ2v) is 5.89. The number of furan rings is 1. The summed E-state index contributed by atoms with van der Waals surface area (Å²) >= 11 is 5.78. The van der Waals surface area contributed by atoms with Crippen molar-refractivity contribution in [1.29, 1.82) is 0 Å². The number of hydrogen-bond donors (Lipinski definition) is 2. The second kappa shape index (κ2) is 11.9. The summed E-state index contributed by atoms with van der Waals surface area (Å²) in [6.45, 7) is 8.00. The number of carbonyl (C=O) groups excluding carboxylic acids is 1. The lowest BCUT2D eigenvalue weighted by atomic mass is 10.1. The summed E-state index contributed by atoms with van der Waals surface area (Å²) in [6, 6.07) is 10.8. The highest BCUT2D eigenvalue weighted by Crippen LogP contribution is 2.30. The van der Waals surface area contributed by atoms with Crippen molar-refractivity contribution >= 4 is 40.0 Å².